The standard InChI is InChI=1S/C11H15NO3/c1-12(2)11(15)10(14)9(13)8-6-4-3-5-7-8/h3-7,9-10,13-14H,1-2H3/t9?,10-/m0/s1. The maximum atomic E-state index is 11.4. The van der Waals surface area contributed by atoms with Gasteiger partial charge in [-0.25, -0.2) is 0 Å². The van der Waals surface area contributed by atoms with Gasteiger partial charge in [-0.2, -0.15) is 0 Å². The molecular weight excluding hydrogens is 194 g/mol. The first kappa shape index (κ1) is 11.7. The van der Waals surface area contributed by atoms with Crippen molar-refractivity contribution in [3.63, 3.8) is 0 Å². The third-order valence-electron chi connectivity index (χ3n) is 2.13. The van der Waals surface area contributed by atoms with Gasteiger partial charge in [0.1, 0.15) is 6.10 Å². The number of hydrogen-bond donors (Lipinski definition) is 2. The van der Waals surface area contributed by atoms with Gasteiger partial charge in [-0.1, -0.05) is 30.3 Å². The van der Waals surface area contributed by atoms with E-state index in [1.54, 1.807) is 30.3 Å². The highest BCUT2D eigenvalue weighted by atomic mass is 16.3. The molecule has 2 atom stereocenters. The first-order valence-electron chi connectivity index (χ1n) is 4.66. The molecule has 0 radical (unpaired) electrons. The molecule has 0 spiro atoms. The largest absolute Gasteiger partial charge is 0.385 e. The van der Waals surface area contributed by atoms with Crippen molar-refractivity contribution in [2.75, 3.05) is 14.1 Å². The molecule has 4 heteroatoms. The Kier molecular flexibility index (Phi) is 3.82. The van der Waals surface area contributed by atoms with Gasteiger partial charge in [-0.05, 0) is 5.56 Å². The maximum Gasteiger partial charge on any atom is 0.253 e. The lowest BCUT2D eigenvalue weighted by Gasteiger charge is -2.20. The van der Waals surface area contributed by atoms with Crippen molar-refractivity contribution in [2.24, 2.45) is 0 Å². The summed E-state index contributed by atoms with van der Waals surface area (Å²) in [6.07, 6.45) is -2.59. The predicted molar refractivity (Wildman–Crippen MR) is 56.1 cm³/mol. The summed E-state index contributed by atoms with van der Waals surface area (Å²) < 4.78 is 0. The number of carbonyl (C=O) groups is 1. The molecule has 0 aliphatic heterocycles. The number of aliphatic hydroxyl groups is 2. The number of amides is 1. The molecule has 0 aromatic heterocycles. The average molecular weight is 209 g/mol. The number of hydrogen-bond acceptors (Lipinski definition) is 3. The highest BCUT2D eigenvalue weighted by Gasteiger charge is 2.26. The van der Waals surface area contributed by atoms with E-state index >= 15 is 0 Å². The van der Waals surface area contributed by atoms with E-state index in [0.29, 0.717) is 5.56 Å². The van der Waals surface area contributed by atoms with Crippen LogP contribution in [0.1, 0.15) is 11.7 Å². The van der Waals surface area contributed by atoms with E-state index in [-0.39, 0.29) is 0 Å². The van der Waals surface area contributed by atoms with Crippen molar-refractivity contribution in [3.05, 3.63) is 35.9 Å². The van der Waals surface area contributed by atoms with Crippen molar-refractivity contribution in [3.8, 4) is 0 Å². The monoisotopic (exact) mass is 209 g/mol. The van der Waals surface area contributed by atoms with Crippen LogP contribution in [0.15, 0.2) is 30.3 Å². The summed E-state index contributed by atoms with van der Waals surface area (Å²) in [5.74, 6) is -0.508. The van der Waals surface area contributed by atoms with Crippen LogP contribution in [-0.2, 0) is 4.79 Å². The Labute approximate surface area is 88.8 Å². The summed E-state index contributed by atoms with van der Waals surface area (Å²) in [6.45, 7) is 0. The summed E-state index contributed by atoms with van der Waals surface area (Å²) in [5.41, 5.74) is 0.528. The van der Waals surface area contributed by atoms with Crippen LogP contribution in [0.25, 0.3) is 0 Å². The minimum Gasteiger partial charge on any atom is -0.385 e. The minimum atomic E-state index is -1.41. The highest BCUT2D eigenvalue weighted by molar-refractivity contribution is 5.80. The molecule has 0 aliphatic carbocycles. The number of aliphatic hydroxyl groups excluding tert-OH is 2. The van der Waals surface area contributed by atoms with Gasteiger partial charge in [0.25, 0.3) is 5.91 Å². The van der Waals surface area contributed by atoms with Crippen molar-refractivity contribution in [2.45, 2.75) is 12.2 Å². The first-order valence-corrected chi connectivity index (χ1v) is 4.66. The molecule has 15 heavy (non-hydrogen) atoms. The number of nitrogens with zero attached hydrogens (tertiary/aromatic N) is 1. The number of benzene rings is 1. The zero-order valence-corrected chi connectivity index (χ0v) is 8.79. The molecule has 0 saturated heterocycles. The van der Waals surface area contributed by atoms with Crippen LogP contribution < -0.4 is 0 Å². The molecule has 0 fully saturated rings. The number of likely N-dealkylation sites (N-methyl/N-ethyl adjacent to an activating group) is 1. The lowest BCUT2D eigenvalue weighted by Crippen LogP contribution is -2.37. The van der Waals surface area contributed by atoms with E-state index in [0.717, 1.165) is 0 Å². The Morgan fingerprint density at radius 3 is 2.20 bits per heavy atom. The van der Waals surface area contributed by atoms with Crippen LogP contribution in [0.5, 0.6) is 0 Å². The third-order valence-corrected chi connectivity index (χ3v) is 2.13. The van der Waals surface area contributed by atoms with E-state index in [1.165, 1.54) is 19.0 Å². The topological polar surface area (TPSA) is 60.8 Å². The highest BCUT2D eigenvalue weighted by Crippen LogP contribution is 2.17. The van der Waals surface area contributed by atoms with Gasteiger partial charge < -0.3 is 15.1 Å². The number of rotatable bonds is 3. The molecular formula is C11H15NO3. The normalized spacial score (nSPS) is 14.4. The first-order chi connectivity index (χ1) is 7.04. The smallest absolute Gasteiger partial charge is 0.253 e. The molecule has 2 N–H and O–H groups in total. The van der Waals surface area contributed by atoms with Gasteiger partial charge in [0.2, 0.25) is 0 Å². The van der Waals surface area contributed by atoms with Gasteiger partial charge in [0.05, 0.1) is 0 Å². The van der Waals surface area contributed by atoms with Crippen molar-refractivity contribution < 1.29 is 15.0 Å². The summed E-state index contributed by atoms with van der Waals surface area (Å²) in [6, 6.07) is 8.61. The van der Waals surface area contributed by atoms with Crippen LogP contribution in [-0.4, -0.2) is 41.2 Å². The Bertz CT molecular complexity index is 324. The fourth-order valence-electron chi connectivity index (χ4n) is 1.23. The van der Waals surface area contributed by atoms with Crippen LogP contribution >= 0.6 is 0 Å². The quantitative estimate of drug-likeness (QED) is 0.746. The van der Waals surface area contributed by atoms with Crippen LogP contribution in [0.2, 0.25) is 0 Å². The average Bonchev–Trinajstić information content (AvgIpc) is 2.27. The van der Waals surface area contributed by atoms with Crippen molar-refractivity contribution in [1.29, 1.82) is 0 Å². The lowest BCUT2D eigenvalue weighted by molar-refractivity contribution is -0.143. The third kappa shape index (κ3) is 2.78. The fourth-order valence-corrected chi connectivity index (χ4v) is 1.23. The SMILES string of the molecule is CN(C)C(=O)[C@@H](O)C(O)c1ccccc1. The Morgan fingerprint density at radius 1 is 1.20 bits per heavy atom. The molecule has 1 unspecified atom stereocenters. The molecule has 82 valence electrons. The second-order valence-electron chi connectivity index (χ2n) is 3.53. The van der Waals surface area contributed by atoms with E-state index in [2.05, 4.69) is 0 Å². The molecule has 0 saturated carbocycles. The molecule has 0 aliphatic rings. The second kappa shape index (κ2) is 4.91. The van der Waals surface area contributed by atoms with Gasteiger partial charge in [-0.3, -0.25) is 4.79 Å². The molecule has 1 rings (SSSR count). The van der Waals surface area contributed by atoms with Crippen LogP contribution in [0.4, 0.5) is 0 Å². The molecule has 1 aromatic carbocycles. The summed E-state index contributed by atoms with van der Waals surface area (Å²) in [5, 5.41) is 19.3. The summed E-state index contributed by atoms with van der Waals surface area (Å²) in [7, 11) is 3.06. The minimum absolute atomic E-state index is 0.508. The van der Waals surface area contributed by atoms with Crippen LogP contribution in [0.3, 0.4) is 0 Å². The van der Waals surface area contributed by atoms with Gasteiger partial charge in [-0.15, -0.1) is 0 Å². The molecule has 1 amide bonds. The van der Waals surface area contributed by atoms with Gasteiger partial charge in [0, 0.05) is 14.1 Å². The number of carbonyl (C=O) groups excluding carboxylic acids is 1. The Hall–Kier alpha value is -1.39. The molecule has 1 aromatic rings. The second-order valence-corrected chi connectivity index (χ2v) is 3.53. The molecule has 4 nitrogen and oxygen atoms in total. The van der Waals surface area contributed by atoms with Crippen molar-refractivity contribution in [1.82, 2.24) is 4.90 Å². The maximum absolute atomic E-state index is 11.4. The van der Waals surface area contributed by atoms with E-state index in [9.17, 15) is 15.0 Å². The van der Waals surface area contributed by atoms with Gasteiger partial charge >= 0.3 is 0 Å². The van der Waals surface area contributed by atoms with Crippen LogP contribution in [0, 0.1) is 0 Å². The zero-order valence-electron chi connectivity index (χ0n) is 8.79. The Balaban J connectivity index is 2.77. The zero-order chi connectivity index (χ0) is 11.4. The molecule has 0 bridgehead atoms. The van der Waals surface area contributed by atoms with E-state index in [1.807, 2.05) is 0 Å². The Morgan fingerprint density at radius 2 is 1.73 bits per heavy atom. The predicted octanol–water partition coefficient (Wildman–Crippen LogP) is 0.169. The summed E-state index contributed by atoms with van der Waals surface area (Å²) in [4.78, 5) is 12.6. The van der Waals surface area contributed by atoms with E-state index < -0.39 is 18.1 Å². The van der Waals surface area contributed by atoms with E-state index in [4.69, 9.17) is 0 Å². The fraction of sp³-hybridized carbons (Fsp3) is 0.364. The summed E-state index contributed by atoms with van der Waals surface area (Å²) >= 11 is 0. The van der Waals surface area contributed by atoms with Crippen molar-refractivity contribution >= 4 is 5.91 Å². The molecule has 0 heterocycles. The van der Waals surface area contributed by atoms with Gasteiger partial charge in [0.15, 0.2) is 6.10 Å². The lowest BCUT2D eigenvalue weighted by atomic mass is 10.0.